The van der Waals surface area contributed by atoms with Crippen molar-refractivity contribution in [3.8, 4) is 5.69 Å². The maximum atomic E-state index is 12.6. The highest BCUT2D eigenvalue weighted by molar-refractivity contribution is 6.03. The van der Waals surface area contributed by atoms with Crippen LogP contribution in [0, 0.1) is 20.8 Å². The Morgan fingerprint density at radius 2 is 1.88 bits per heavy atom. The summed E-state index contributed by atoms with van der Waals surface area (Å²) in [4.78, 5) is 12.6. The minimum absolute atomic E-state index is 0.269. The number of aromatic nitrogens is 3. The molecule has 0 saturated carbocycles. The van der Waals surface area contributed by atoms with Crippen molar-refractivity contribution in [3.63, 3.8) is 0 Å². The lowest BCUT2D eigenvalue weighted by Gasteiger charge is -2.09. The summed E-state index contributed by atoms with van der Waals surface area (Å²) in [6.45, 7) is 7.58. The van der Waals surface area contributed by atoms with Crippen LogP contribution in [0.4, 0.5) is 5.69 Å². The largest absolute Gasteiger partial charge is 0.389 e. The van der Waals surface area contributed by atoms with Crippen molar-refractivity contribution in [2.24, 2.45) is 0 Å². The Hall–Kier alpha value is -2.99. The predicted octanol–water partition coefficient (Wildman–Crippen LogP) is 3.50. The lowest BCUT2D eigenvalue weighted by molar-refractivity contribution is 0.102. The fourth-order valence-corrected chi connectivity index (χ4v) is 2.71. The molecule has 1 aromatic heterocycles. The van der Waals surface area contributed by atoms with Crippen LogP contribution in [0.1, 0.15) is 45.9 Å². The van der Waals surface area contributed by atoms with Crippen LogP contribution in [0.5, 0.6) is 0 Å². The van der Waals surface area contributed by atoms with Gasteiger partial charge < -0.3 is 10.4 Å². The van der Waals surface area contributed by atoms with Gasteiger partial charge in [0.15, 0.2) is 5.69 Å². The molecule has 0 saturated heterocycles. The van der Waals surface area contributed by atoms with Crippen LogP contribution in [-0.4, -0.2) is 26.0 Å². The Labute approximate surface area is 152 Å². The first-order valence-corrected chi connectivity index (χ1v) is 8.46. The number of nitrogens with one attached hydrogen (secondary N) is 1. The van der Waals surface area contributed by atoms with Gasteiger partial charge in [-0.1, -0.05) is 23.4 Å². The highest BCUT2D eigenvalue weighted by Crippen LogP contribution is 2.19. The predicted molar refractivity (Wildman–Crippen MR) is 101 cm³/mol. The summed E-state index contributed by atoms with van der Waals surface area (Å²) in [6.07, 6.45) is -0.598. The molecule has 0 bridgehead atoms. The van der Waals surface area contributed by atoms with Crippen LogP contribution < -0.4 is 5.32 Å². The molecule has 0 aliphatic heterocycles. The summed E-state index contributed by atoms with van der Waals surface area (Å²) in [5.74, 6) is -0.333. The third kappa shape index (κ3) is 3.50. The Kier molecular flexibility index (Phi) is 4.86. The fraction of sp³-hybridized carbons (Fsp3) is 0.250. The number of aliphatic hydroxyl groups excluding tert-OH is 1. The third-order valence-corrected chi connectivity index (χ3v) is 4.47. The average Bonchev–Trinajstić information content (AvgIpc) is 2.99. The van der Waals surface area contributed by atoms with Crippen molar-refractivity contribution >= 4 is 11.6 Å². The van der Waals surface area contributed by atoms with Crippen LogP contribution in [-0.2, 0) is 0 Å². The highest BCUT2D eigenvalue weighted by atomic mass is 16.3. The normalized spacial score (nSPS) is 12.0. The van der Waals surface area contributed by atoms with E-state index in [1.165, 1.54) is 5.56 Å². The second kappa shape index (κ2) is 7.09. The first kappa shape index (κ1) is 17.8. The number of rotatable bonds is 4. The number of hydrogen-bond donors (Lipinski definition) is 2. The van der Waals surface area contributed by atoms with E-state index in [-0.39, 0.29) is 11.6 Å². The molecule has 1 heterocycles. The first-order chi connectivity index (χ1) is 12.4. The lowest BCUT2D eigenvalue weighted by Crippen LogP contribution is -2.14. The van der Waals surface area contributed by atoms with Crippen molar-refractivity contribution in [2.45, 2.75) is 33.8 Å². The van der Waals surface area contributed by atoms with Gasteiger partial charge in [0.05, 0.1) is 17.5 Å². The zero-order chi connectivity index (χ0) is 18.8. The Bertz CT molecular complexity index is 960. The molecule has 3 rings (SSSR count). The second-order valence-corrected chi connectivity index (χ2v) is 6.46. The first-order valence-electron chi connectivity index (χ1n) is 8.46. The molecule has 2 aromatic carbocycles. The van der Waals surface area contributed by atoms with E-state index in [1.54, 1.807) is 29.8 Å². The third-order valence-electron chi connectivity index (χ3n) is 4.47. The molecule has 26 heavy (non-hydrogen) atoms. The molecule has 6 heteroatoms. The Morgan fingerprint density at radius 1 is 1.12 bits per heavy atom. The van der Waals surface area contributed by atoms with Gasteiger partial charge in [0.25, 0.3) is 5.91 Å². The van der Waals surface area contributed by atoms with Crippen molar-refractivity contribution < 1.29 is 9.90 Å². The smallest absolute Gasteiger partial charge is 0.278 e. The molecule has 0 aliphatic carbocycles. The zero-order valence-corrected chi connectivity index (χ0v) is 15.3. The van der Waals surface area contributed by atoms with Crippen LogP contribution in [0.3, 0.4) is 0 Å². The van der Waals surface area contributed by atoms with Crippen molar-refractivity contribution in [1.29, 1.82) is 0 Å². The van der Waals surface area contributed by atoms with Gasteiger partial charge in [0, 0.05) is 5.69 Å². The van der Waals surface area contributed by atoms with Gasteiger partial charge in [-0.3, -0.25) is 4.79 Å². The van der Waals surface area contributed by atoms with E-state index in [4.69, 9.17) is 0 Å². The summed E-state index contributed by atoms with van der Waals surface area (Å²) in [6, 6.07) is 13.1. The monoisotopic (exact) mass is 350 g/mol. The summed E-state index contributed by atoms with van der Waals surface area (Å²) < 4.78 is 1.66. The zero-order valence-electron chi connectivity index (χ0n) is 15.3. The SMILES string of the molecule is Cc1ccc(-n2nnc(C(=O)Nc3cccc([C@H](C)O)c3)c2C)cc1C. The highest BCUT2D eigenvalue weighted by Gasteiger charge is 2.18. The number of carbonyl (C=O) groups excluding carboxylic acids is 1. The van der Waals surface area contributed by atoms with Gasteiger partial charge in [-0.25, -0.2) is 4.68 Å². The lowest BCUT2D eigenvalue weighted by atomic mass is 10.1. The van der Waals surface area contributed by atoms with Crippen molar-refractivity contribution in [3.05, 3.63) is 70.5 Å². The number of aliphatic hydroxyl groups is 1. The van der Waals surface area contributed by atoms with E-state index in [0.717, 1.165) is 16.8 Å². The number of aryl methyl sites for hydroxylation is 2. The number of anilines is 1. The second-order valence-electron chi connectivity index (χ2n) is 6.46. The van der Waals surface area contributed by atoms with E-state index in [0.29, 0.717) is 11.4 Å². The molecule has 0 aliphatic rings. The van der Waals surface area contributed by atoms with Crippen LogP contribution in [0.2, 0.25) is 0 Å². The molecule has 3 aromatic rings. The summed E-state index contributed by atoms with van der Waals surface area (Å²) in [5.41, 5.74) is 5.49. The molecular weight excluding hydrogens is 328 g/mol. The molecular formula is C20H22N4O2. The maximum absolute atomic E-state index is 12.6. The topological polar surface area (TPSA) is 80.0 Å². The average molecular weight is 350 g/mol. The summed E-state index contributed by atoms with van der Waals surface area (Å²) in [7, 11) is 0. The Morgan fingerprint density at radius 3 is 2.58 bits per heavy atom. The van der Waals surface area contributed by atoms with Crippen LogP contribution >= 0.6 is 0 Å². The summed E-state index contributed by atoms with van der Waals surface area (Å²) in [5, 5.41) is 20.7. The molecule has 1 amide bonds. The van der Waals surface area contributed by atoms with Gasteiger partial charge in [0.2, 0.25) is 0 Å². The van der Waals surface area contributed by atoms with E-state index in [2.05, 4.69) is 15.6 Å². The standard InChI is InChI=1S/C20H22N4O2/c1-12-8-9-18(10-13(12)2)24-14(3)19(22-23-24)20(26)21-17-7-5-6-16(11-17)15(4)25/h5-11,15,25H,1-4H3,(H,21,26)/t15-/m0/s1. The fourth-order valence-electron chi connectivity index (χ4n) is 2.71. The molecule has 0 fully saturated rings. The van der Waals surface area contributed by atoms with Gasteiger partial charge in [0.1, 0.15) is 0 Å². The molecule has 0 radical (unpaired) electrons. The van der Waals surface area contributed by atoms with Gasteiger partial charge in [-0.05, 0) is 68.7 Å². The van der Waals surface area contributed by atoms with E-state index >= 15 is 0 Å². The van der Waals surface area contributed by atoms with Gasteiger partial charge in [-0.15, -0.1) is 5.10 Å². The Balaban J connectivity index is 1.86. The minimum atomic E-state index is -0.598. The van der Waals surface area contributed by atoms with E-state index in [9.17, 15) is 9.90 Å². The molecule has 0 spiro atoms. The molecule has 134 valence electrons. The number of benzene rings is 2. The minimum Gasteiger partial charge on any atom is -0.389 e. The number of hydrogen-bond acceptors (Lipinski definition) is 4. The number of amides is 1. The van der Waals surface area contributed by atoms with Crippen LogP contribution in [0.15, 0.2) is 42.5 Å². The maximum Gasteiger partial charge on any atom is 0.278 e. The quantitative estimate of drug-likeness (QED) is 0.755. The number of carbonyl (C=O) groups is 1. The summed E-state index contributed by atoms with van der Waals surface area (Å²) >= 11 is 0. The van der Waals surface area contributed by atoms with Gasteiger partial charge >= 0.3 is 0 Å². The van der Waals surface area contributed by atoms with Crippen LogP contribution in [0.25, 0.3) is 5.69 Å². The van der Waals surface area contributed by atoms with Gasteiger partial charge in [-0.2, -0.15) is 0 Å². The van der Waals surface area contributed by atoms with Crippen molar-refractivity contribution in [1.82, 2.24) is 15.0 Å². The molecule has 6 nitrogen and oxygen atoms in total. The molecule has 2 N–H and O–H groups in total. The molecule has 0 unspecified atom stereocenters. The number of nitrogens with zero attached hydrogens (tertiary/aromatic N) is 3. The van der Waals surface area contributed by atoms with E-state index in [1.807, 2.05) is 45.0 Å². The molecule has 1 atom stereocenters. The van der Waals surface area contributed by atoms with E-state index < -0.39 is 6.10 Å². The van der Waals surface area contributed by atoms with Crippen molar-refractivity contribution in [2.75, 3.05) is 5.32 Å².